The van der Waals surface area contributed by atoms with E-state index in [0.29, 0.717) is 0 Å². The predicted molar refractivity (Wildman–Crippen MR) is 90.1 cm³/mol. The number of rotatable bonds is 2. The van der Waals surface area contributed by atoms with Gasteiger partial charge in [-0.25, -0.2) is 0 Å². The highest BCUT2D eigenvalue weighted by Crippen LogP contribution is 2.46. The average Bonchev–Trinajstić information content (AvgIpc) is 3.06. The standard InChI is InChI=1S/C16H18N2S2/c1-19-15-14(18-9-8-17-16(18)20-15)13-7-6-11-4-2-3-5-12(11)10-13/h6-7,10H,2-5,8-9H2,1H3. The van der Waals surface area contributed by atoms with Crippen molar-refractivity contribution in [2.75, 3.05) is 19.3 Å². The van der Waals surface area contributed by atoms with Crippen molar-refractivity contribution in [2.45, 2.75) is 25.7 Å². The van der Waals surface area contributed by atoms with Crippen LogP contribution in [-0.2, 0) is 12.8 Å². The quantitative estimate of drug-likeness (QED) is 0.822. The summed E-state index contributed by atoms with van der Waals surface area (Å²) in [4.78, 5) is 7.01. The monoisotopic (exact) mass is 302 g/mol. The van der Waals surface area contributed by atoms with Gasteiger partial charge in [-0.15, -0.1) is 11.8 Å². The summed E-state index contributed by atoms with van der Waals surface area (Å²) in [6.45, 7) is 1.98. The fraction of sp³-hybridized carbons (Fsp3) is 0.438. The van der Waals surface area contributed by atoms with E-state index in [-0.39, 0.29) is 0 Å². The first-order valence-electron chi connectivity index (χ1n) is 7.27. The van der Waals surface area contributed by atoms with Crippen molar-refractivity contribution in [3.05, 3.63) is 39.1 Å². The number of hydrogen-bond acceptors (Lipinski definition) is 4. The molecule has 20 heavy (non-hydrogen) atoms. The molecule has 1 aliphatic carbocycles. The molecule has 4 heteroatoms. The van der Waals surface area contributed by atoms with Gasteiger partial charge in [0, 0.05) is 12.1 Å². The normalized spacial score (nSPS) is 21.1. The van der Waals surface area contributed by atoms with Crippen molar-refractivity contribution in [1.82, 2.24) is 4.90 Å². The first-order valence-corrected chi connectivity index (χ1v) is 9.31. The zero-order valence-corrected chi connectivity index (χ0v) is 13.3. The summed E-state index contributed by atoms with van der Waals surface area (Å²) in [7, 11) is 0. The van der Waals surface area contributed by atoms with E-state index in [1.807, 2.05) is 23.5 Å². The molecule has 4 rings (SSSR count). The molecule has 0 unspecified atom stereocenters. The van der Waals surface area contributed by atoms with Gasteiger partial charge in [-0.2, -0.15) is 0 Å². The average molecular weight is 302 g/mol. The van der Waals surface area contributed by atoms with E-state index in [9.17, 15) is 0 Å². The van der Waals surface area contributed by atoms with Gasteiger partial charge in [0.05, 0.1) is 16.5 Å². The maximum atomic E-state index is 4.61. The molecule has 2 heterocycles. The van der Waals surface area contributed by atoms with Crippen LogP contribution in [-0.4, -0.2) is 29.4 Å². The van der Waals surface area contributed by atoms with Crippen molar-refractivity contribution >= 4 is 34.4 Å². The lowest BCUT2D eigenvalue weighted by molar-refractivity contribution is 0.647. The van der Waals surface area contributed by atoms with E-state index in [1.165, 1.54) is 46.3 Å². The minimum atomic E-state index is 0.943. The van der Waals surface area contributed by atoms with Crippen LogP contribution in [0.25, 0.3) is 5.70 Å². The third-order valence-corrected chi connectivity index (χ3v) is 6.48. The van der Waals surface area contributed by atoms with E-state index in [0.717, 1.165) is 13.1 Å². The number of fused-ring (bicyclic) bond motifs is 2. The van der Waals surface area contributed by atoms with Gasteiger partial charge in [0.2, 0.25) is 0 Å². The maximum absolute atomic E-state index is 4.61. The van der Waals surface area contributed by atoms with Crippen LogP contribution in [0, 0.1) is 0 Å². The molecule has 0 N–H and O–H groups in total. The van der Waals surface area contributed by atoms with Crippen LogP contribution in [0.1, 0.15) is 29.5 Å². The molecule has 0 atom stereocenters. The van der Waals surface area contributed by atoms with E-state index >= 15 is 0 Å². The molecular formula is C16H18N2S2. The van der Waals surface area contributed by atoms with Crippen molar-refractivity contribution in [1.29, 1.82) is 0 Å². The third kappa shape index (κ3) is 2.01. The second-order valence-electron chi connectivity index (χ2n) is 5.45. The molecule has 1 aromatic rings. The van der Waals surface area contributed by atoms with Gasteiger partial charge in [-0.1, -0.05) is 12.1 Å². The molecule has 1 aromatic carbocycles. The minimum absolute atomic E-state index is 0.943. The van der Waals surface area contributed by atoms with Gasteiger partial charge in [-0.3, -0.25) is 4.99 Å². The second-order valence-corrected chi connectivity index (χ2v) is 7.50. The molecule has 0 aromatic heterocycles. The Hall–Kier alpha value is -0.870. The van der Waals surface area contributed by atoms with Gasteiger partial charge in [0.1, 0.15) is 0 Å². The van der Waals surface area contributed by atoms with Crippen LogP contribution in [0.3, 0.4) is 0 Å². The Bertz CT molecular complexity index is 619. The fourth-order valence-corrected chi connectivity index (χ4v) is 5.17. The smallest absolute Gasteiger partial charge is 0.169 e. The number of hydrogen-bond donors (Lipinski definition) is 0. The highest BCUT2D eigenvalue weighted by atomic mass is 32.2. The summed E-state index contributed by atoms with van der Waals surface area (Å²) in [6, 6.07) is 7.10. The second kappa shape index (κ2) is 5.15. The molecule has 2 aliphatic heterocycles. The summed E-state index contributed by atoms with van der Waals surface area (Å²) in [6.07, 6.45) is 7.37. The number of benzene rings is 1. The predicted octanol–water partition coefficient (Wildman–Crippen LogP) is 3.97. The molecule has 0 fully saturated rings. The molecule has 3 aliphatic rings. The molecule has 2 nitrogen and oxygen atoms in total. The zero-order chi connectivity index (χ0) is 13.5. The van der Waals surface area contributed by atoms with Gasteiger partial charge < -0.3 is 4.90 Å². The Kier molecular flexibility index (Phi) is 3.31. The molecule has 0 bridgehead atoms. The van der Waals surface area contributed by atoms with E-state index in [4.69, 9.17) is 0 Å². The zero-order valence-electron chi connectivity index (χ0n) is 11.7. The van der Waals surface area contributed by atoms with Crippen LogP contribution in [0.5, 0.6) is 0 Å². The molecule has 0 saturated heterocycles. The fourth-order valence-electron chi connectivity index (χ4n) is 3.26. The van der Waals surface area contributed by atoms with Crippen LogP contribution in [0.2, 0.25) is 0 Å². The topological polar surface area (TPSA) is 15.6 Å². The van der Waals surface area contributed by atoms with Crippen LogP contribution in [0.15, 0.2) is 27.4 Å². The number of aliphatic imine (C=N–C) groups is 1. The Labute approximate surface area is 128 Å². The largest absolute Gasteiger partial charge is 0.317 e. The lowest BCUT2D eigenvalue weighted by Gasteiger charge is -2.21. The molecule has 0 radical (unpaired) electrons. The number of aryl methyl sites for hydroxylation is 2. The van der Waals surface area contributed by atoms with Gasteiger partial charge in [0.25, 0.3) is 0 Å². The Balaban J connectivity index is 1.77. The lowest BCUT2D eigenvalue weighted by Crippen LogP contribution is -2.20. The summed E-state index contributed by atoms with van der Waals surface area (Å²) in [5.74, 6) is 0. The van der Waals surface area contributed by atoms with Crippen LogP contribution >= 0.6 is 23.5 Å². The number of nitrogens with zero attached hydrogens (tertiary/aromatic N) is 2. The first kappa shape index (κ1) is 12.8. The van der Waals surface area contributed by atoms with Crippen LogP contribution < -0.4 is 0 Å². The van der Waals surface area contributed by atoms with Gasteiger partial charge in [-0.05, 0) is 60.9 Å². The number of amidine groups is 1. The van der Waals surface area contributed by atoms with E-state index < -0.39 is 0 Å². The van der Waals surface area contributed by atoms with E-state index in [1.54, 1.807) is 11.1 Å². The summed E-state index contributed by atoms with van der Waals surface area (Å²) in [5, 5.41) is 1.20. The lowest BCUT2D eigenvalue weighted by atomic mass is 9.90. The van der Waals surface area contributed by atoms with E-state index in [2.05, 4.69) is 34.3 Å². The van der Waals surface area contributed by atoms with Gasteiger partial charge >= 0.3 is 0 Å². The highest BCUT2D eigenvalue weighted by Gasteiger charge is 2.32. The summed E-state index contributed by atoms with van der Waals surface area (Å²) < 4.78 is 1.40. The molecule has 0 saturated carbocycles. The highest BCUT2D eigenvalue weighted by molar-refractivity contribution is 8.30. The van der Waals surface area contributed by atoms with Crippen molar-refractivity contribution < 1.29 is 0 Å². The molecule has 0 amide bonds. The molecule has 104 valence electrons. The summed E-state index contributed by atoms with van der Waals surface area (Å²) >= 11 is 3.69. The maximum Gasteiger partial charge on any atom is 0.169 e. The Morgan fingerprint density at radius 3 is 2.90 bits per heavy atom. The Morgan fingerprint density at radius 1 is 1.20 bits per heavy atom. The van der Waals surface area contributed by atoms with Crippen molar-refractivity contribution in [3.63, 3.8) is 0 Å². The SMILES string of the molecule is CSC1=C(c2ccc3c(c2)CCCC3)N2CCN=C2S1. The van der Waals surface area contributed by atoms with Crippen molar-refractivity contribution in [2.24, 2.45) is 4.99 Å². The molecular weight excluding hydrogens is 284 g/mol. The van der Waals surface area contributed by atoms with Crippen molar-refractivity contribution in [3.8, 4) is 0 Å². The Morgan fingerprint density at radius 2 is 2.05 bits per heavy atom. The minimum Gasteiger partial charge on any atom is -0.317 e. The van der Waals surface area contributed by atoms with Gasteiger partial charge in [0.15, 0.2) is 5.17 Å². The summed E-state index contributed by atoms with van der Waals surface area (Å²) in [5.41, 5.74) is 5.91. The molecule has 0 spiro atoms. The first-order chi connectivity index (χ1) is 9.86. The number of thioether (sulfide) groups is 2. The third-order valence-electron chi connectivity index (χ3n) is 4.26. The van der Waals surface area contributed by atoms with Crippen LogP contribution in [0.4, 0.5) is 0 Å².